The molecule has 2 unspecified atom stereocenters. The van der Waals surface area contributed by atoms with Crippen LogP contribution in [0.5, 0.6) is 0 Å². The Balaban J connectivity index is 4.04. The predicted molar refractivity (Wildman–Crippen MR) is 169 cm³/mol. The number of carbonyl (C=O) groups excluding carboxylic acids is 2. The Kier molecular flexibility index (Phi) is 29.0. The van der Waals surface area contributed by atoms with Gasteiger partial charge in [0.1, 0.15) is 12.2 Å². The van der Waals surface area contributed by atoms with Gasteiger partial charge in [0.25, 0.3) is 0 Å². The van der Waals surface area contributed by atoms with Crippen molar-refractivity contribution in [3.05, 3.63) is 0 Å². The van der Waals surface area contributed by atoms with Crippen molar-refractivity contribution in [2.75, 3.05) is 26.4 Å². The fraction of sp³-hybridized carbons (Fsp3) is 0.938. The van der Waals surface area contributed by atoms with Crippen LogP contribution in [0.25, 0.3) is 0 Å². The Morgan fingerprint density at radius 3 is 1.09 bits per heavy atom. The maximum Gasteiger partial charge on any atom is 0.472 e. The third kappa shape index (κ3) is 28.2. The molecule has 0 saturated heterocycles. The summed E-state index contributed by atoms with van der Waals surface area (Å²) in [6, 6.07) is 0. The first-order valence-electron chi connectivity index (χ1n) is 17.0. The average Bonchev–Trinajstić information content (AvgIpc) is 2.99. The number of phosphoric acid groups is 1. The van der Waals surface area contributed by atoms with E-state index >= 15 is 0 Å². The molecule has 0 bridgehead atoms. The van der Waals surface area contributed by atoms with Crippen molar-refractivity contribution >= 4 is 19.8 Å². The van der Waals surface area contributed by atoms with E-state index in [1.807, 2.05) is 0 Å². The first-order chi connectivity index (χ1) is 20.8. The molecule has 0 radical (unpaired) electrons. The van der Waals surface area contributed by atoms with Crippen LogP contribution in [0.1, 0.15) is 155 Å². The summed E-state index contributed by atoms with van der Waals surface area (Å²) in [5, 5.41) is 19.0. The molecule has 0 rings (SSSR count). The molecule has 256 valence electrons. The van der Waals surface area contributed by atoms with Crippen molar-refractivity contribution in [3.63, 3.8) is 0 Å². The molecular formula is C32H63O10P. The number of unbranched alkanes of at least 4 members (excludes halogenated alkanes) is 18. The molecule has 10 nitrogen and oxygen atoms in total. The first-order valence-corrected chi connectivity index (χ1v) is 18.5. The van der Waals surface area contributed by atoms with E-state index < -0.39 is 58.4 Å². The van der Waals surface area contributed by atoms with Gasteiger partial charge in [0.15, 0.2) is 0 Å². The third-order valence-corrected chi connectivity index (χ3v) is 8.27. The highest BCUT2D eigenvalue weighted by atomic mass is 31.2. The lowest BCUT2D eigenvalue weighted by molar-refractivity contribution is -0.153. The van der Waals surface area contributed by atoms with E-state index in [2.05, 4.69) is 13.8 Å². The monoisotopic (exact) mass is 638 g/mol. The van der Waals surface area contributed by atoms with Gasteiger partial charge in [-0.25, -0.2) is 4.57 Å². The highest BCUT2D eigenvalue weighted by Crippen LogP contribution is 2.43. The summed E-state index contributed by atoms with van der Waals surface area (Å²) in [4.78, 5) is 34.1. The summed E-state index contributed by atoms with van der Waals surface area (Å²) in [7, 11) is -4.61. The van der Waals surface area contributed by atoms with Gasteiger partial charge in [-0.2, -0.15) is 0 Å². The molecule has 0 aromatic heterocycles. The number of rotatable bonds is 32. The second-order valence-corrected chi connectivity index (χ2v) is 13.0. The Labute approximate surface area is 261 Å². The molecule has 0 spiro atoms. The Bertz CT molecular complexity index is 652. The van der Waals surface area contributed by atoms with Gasteiger partial charge in [-0.05, 0) is 12.8 Å². The van der Waals surface area contributed by atoms with Crippen molar-refractivity contribution in [2.24, 2.45) is 0 Å². The fourth-order valence-electron chi connectivity index (χ4n) is 4.64. The highest BCUT2D eigenvalue weighted by Gasteiger charge is 2.27. The van der Waals surface area contributed by atoms with E-state index in [-0.39, 0.29) is 12.8 Å². The number of carbonyl (C=O) groups is 2. The molecule has 0 aromatic rings. The van der Waals surface area contributed by atoms with Crippen molar-refractivity contribution in [1.82, 2.24) is 0 Å². The number of aliphatic hydroxyl groups is 2. The lowest BCUT2D eigenvalue weighted by Gasteiger charge is -2.20. The molecule has 0 aliphatic carbocycles. The van der Waals surface area contributed by atoms with Gasteiger partial charge in [0, 0.05) is 12.8 Å². The molecule has 43 heavy (non-hydrogen) atoms. The van der Waals surface area contributed by atoms with Gasteiger partial charge in [-0.3, -0.25) is 18.6 Å². The Morgan fingerprint density at radius 1 is 0.535 bits per heavy atom. The predicted octanol–water partition coefficient (Wildman–Crippen LogP) is 7.55. The minimum absolute atomic E-state index is 0.197. The van der Waals surface area contributed by atoms with E-state index in [0.29, 0.717) is 12.8 Å². The zero-order valence-corrected chi connectivity index (χ0v) is 28.1. The van der Waals surface area contributed by atoms with Gasteiger partial charge in [-0.1, -0.05) is 129 Å². The lowest BCUT2D eigenvalue weighted by atomic mass is 10.1. The SMILES string of the molecule is CCCCCCCCCCCCC(=O)OC(CO)COP(=O)(O)OCC(CO)OC(=O)CCCCCCCCCCCC. The molecular weight excluding hydrogens is 575 g/mol. The summed E-state index contributed by atoms with van der Waals surface area (Å²) in [6.07, 6.45) is 20.9. The number of phosphoric ester groups is 1. The van der Waals surface area contributed by atoms with E-state index in [0.717, 1.165) is 38.5 Å². The minimum Gasteiger partial charge on any atom is -0.457 e. The second kappa shape index (κ2) is 29.7. The van der Waals surface area contributed by atoms with E-state index in [1.54, 1.807) is 0 Å². The number of hydrogen-bond donors (Lipinski definition) is 3. The van der Waals surface area contributed by atoms with Gasteiger partial charge in [0.05, 0.1) is 26.4 Å². The molecule has 0 fully saturated rings. The fourth-order valence-corrected chi connectivity index (χ4v) is 5.43. The zero-order chi connectivity index (χ0) is 32.0. The van der Waals surface area contributed by atoms with Gasteiger partial charge >= 0.3 is 19.8 Å². The smallest absolute Gasteiger partial charge is 0.457 e. The molecule has 0 saturated carbocycles. The molecule has 2 atom stereocenters. The topological polar surface area (TPSA) is 149 Å². The molecule has 0 aromatic carbocycles. The molecule has 3 N–H and O–H groups in total. The van der Waals surface area contributed by atoms with Crippen molar-refractivity contribution < 1.29 is 47.8 Å². The number of hydrogen-bond acceptors (Lipinski definition) is 9. The van der Waals surface area contributed by atoms with Crippen molar-refractivity contribution in [2.45, 2.75) is 167 Å². The van der Waals surface area contributed by atoms with Crippen molar-refractivity contribution in [3.8, 4) is 0 Å². The first kappa shape index (κ1) is 42.0. The third-order valence-electron chi connectivity index (χ3n) is 7.32. The Morgan fingerprint density at radius 2 is 0.814 bits per heavy atom. The van der Waals surface area contributed by atoms with Crippen LogP contribution in [0.15, 0.2) is 0 Å². The molecule has 0 heterocycles. The standard InChI is InChI=1S/C32H63O10P/c1-3-5-7-9-11-13-15-17-19-21-23-31(35)41-29(25-33)27-39-43(37,38)40-28-30(26-34)42-32(36)24-22-20-18-16-14-12-10-8-6-4-2/h29-30,33-34H,3-28H2,1-2H3,(H,37,38). The van der Waals surface area contributed by atoms with Crippen LogP contribution in [-0.4, -0.2) is 65.7 Å². The maximum atomic E-state index is 12.2. The van der Waals surface area contributed by atoms with Crippen molar-refractivity contribution in [1.29, 1.82) is 0 Å². The van der Waals surface area contributed by atoms with E-state index in [9.17, 15) is 29.3 Å². The zero-order valence-electron chi connectivity index (χ0n) is 27.2. The van der Waals surface area contributed by atoms with Crippen LogP contribution < -0.4 is 0 Å². The van der Waals surface area contributed by atoms with Crippen LogP contribution >= 0.6 is 7.82 Å². The minimum atomic E-state index is -4.61. The number of aliphatic hydroxyl groups excluding tert-OH is 2. The van der Waals surface area contributed by atoms with E-state index in [4.69, 9.17) is 18.5 Å². The summed E-state index contributed by atoms with van der Waals surface area (Å²) in [5.41, 5.74) is 0. The van der Waals surface area contributed by atoms with Crippen LogP contribution in [0.2, 0.25) is 0 Å². The summed E-state index contributed by atoms with van der Waals surface area (Å²) >= 11 is 0. The van der Waals surface area contributed by atoms with Gasteiger partial charge in [-0.15, -0.1) is 0 Å². The molecule has 11 heteroatoms. The summed E-state index contributed by atoms with van der Waals surface area (Å²) in [5.74, 6) is -1.02. The molecule has 0 amide bonds. The summed E-state index contributed by atoms with van der Waals surface area (Å²) in [6.45, 7) is 2.15. The van der Waals surface area contributed by atoms with Crippen LogP contribution in [0.4, 0.5) is 0 Å². The average molecular weight is 639 g/mol. The summed E-state index contributed by atoms with van der Waals surface area (Å²) < 4.78 is 32.3. The van der Waals surface area contributed by atoms with Gasteiger partial charge in [0.2, 0.25) is 0 Å². The maximum absolute atomic E-state index is 12.2. The normalized spacial score (nSPS) is 14.3. The van der Waals surface area contributed by atoms with Crippen LogP contribution in [-0.2, 0) is 32.7 Å². The van der Waals surface area contributed by atoms with Crippen LogP contribution in [0, 0.1) is 0 Å². The Hall–Kier alpha value is -1.03. The second-order valence-electron chi connectivity index (χ2n) is 11.5. The quantitative estimate of drug-likeness (QED) is 0.0383. The van der Waals surface area contributed by atoms with Gasteiger partial charge < -0.3 is 24.6 Å². The van der Waals surface area contributed by atoms with Crippen LogP contribution in [0.3, 0.4) is 0 Å². The van der Waals surface area contributed by atoms with E-state index in [1.165, 1.54) is 77.0 Å². The molecule has 0 aliphatic heterocycles. The molecule has 0 aliphatic rings. The number of ether oxygens (including phenoxy) is 2. The highest BCUT2D eigenvalue weighted by molar-refractivity contribution is 7.47. The number of esters is 2. The lowest BCUT2D eigenvalue weighted by Crippen LogP contribution is -2.28. The largest absolute Gasteiger partial charge is 0.472 e.